The van der Waals surface area contributed by atoms with Gasteiger partial charge < -0.3 is 4.90 Å². The summed E-state index contributed by atoms with van der Waals surface area (Å²) in [5, 5.41) is 0. The lowest BCUT2D eigenvalue weighted by Gasteiger charge is -2.27. The van der Waals surface area contributed by atoms with E-state index in [1.807, 2.05) is 6.07 Å². The number of aryl methyl sites for hydroxylation is 3. The third kappa shape index (κ3) is 4.23. The monoisotopic (exact) mass is 519 g/mol. The normalized spacial score (nSPS) is 10.8. The molecule has 3 heteroatoms. The summed E-state index contributed by atoms with van der Waals surface area (Å²) in [6, 6.07) is 30.3. The smallest absolute Gasteiger partial charge is 0.0468 e. The van der Waals surface area contributed by atoms with Crippen LogP contribution in [0.1, 0.15) is 16.7 Å². The molecule has 0 saturated heterocycles. The van der Waals surface area contributed by atoms with E-state index in [-0.39, 0.29) is 0 Å². The van der Waals surface area contributed by atoms with Gasteiger partial charge in [-0.2, -0.15) is 0 Å². The summed E-state index contributed by atoms with van der Waals surface area (Å²) in [5.41, 5.74) is 9.54. The number of hydrogen-bond acceptors (Lipinski definition) is 1. The van der Waals surface area contributed by atoms with Crippen molar-refractivity contribution >= 4 is 48.9 Å². The van der Waals surface area contributed by atoms with E-state index in [1.54, 1.807) is 0 Å². The first-order valence-corrected chi connectivity index (χ1v) is 11.5. The van der Waals surface area contributed by atoms with Gasteiger partial charge >= 0.3 is 0 Å². The molecular weight excluding hydrogens is 498 g/mol. The van der Waals surface area contributed by atoms with Gasteiger partial charge in [-0.25, -0.2) is 0 Å². The Bertz CT molecular complexity index is 1110. The van der Waals surface area contributed by atoms with Crippen LogP contribution in [-0.2, 0) is 0 Å². The lowest BCUT2D eigenvalue weighted by Crippen LogP contribution is -2.10. The summed E-state index contributed by atoms with van der Waals surface area (Å²) in [4.78, 5) is 2.31. The fourth-order valence-corrected chi connectivity index (χ4v) is 5.03. The predicted octanol–water partition coefficient (Wildman–Crippen LogP) is 9.27. The number of benzene rings is 4. The Balaban J connectivity index is 1.91. The summed E-state index contributed by atoms with van der Waals surface area (Å²) in [5.74, 6) is 0. The van der Waals surface area contributed by atoms with Crippen molar-refractivity contribution in [2.45, 2.75) is 20.8 Å². The number of rotatable bonds is 4. The van der Waals surface area contributed by atoms with Crippen LogP contribution < -0.4 is 4.90 Å². The van der Waals surface area contributed by atoms with Crippen LogP contribution in [0.4, 0.5) is 17.1 Å². The number of halogens is 2. The highest BCUT2D eigenvalue weighted by Gasteiger charge is 2.16. The largest absolute Gasteiger partial charge is 0.310 e. The number of anilines is 3. The van der Waals surface area contributed by atoms with E-state index in [2.05, 4.69) is 136 Å². The minimum Gasteiger partial charge on any atom is -0.310 e. The summed E-state index contributed by atoms with van der Waals surface area (Å²) >= 11 is 7.48. The maximum absolute atomic E-state index is 3.74. The quantitative estimate of drug-likeness (QED) is 0.259. The Hall–Kier alpha value is -2.36. The number of hydrogen-bond donors (Lipinski definition) is 0. The molecule has 0 amide bonds. The highest BCUT2D eigenvalue weighted by Crippen LogP contribution is 2.41. The van der Waals surface area contributed by atoms with Crippen molar-refractivity contribution in [1.29, 1.82) is 0 Å². The standard InChI is InChI=1S/C27H23Br2N/c1-18-7-12-21(13-8-18)30(22-14-9-19(2)10-15-22)23-16-11-20(3)24(17-23)27-25(28)5-4-6-26(27)29/h4-17H,1-3H3. The molecule has 0 unspecified atom stereocenters. The molecular formula is C27H23Br2N. The van der Waals surface area contributed by atoms with Crippen molar-refractivity contribution < 1.29 is 0 Å². The van der Waals surface area contributed by atoms with Gasteiger partial charge in [0.15, 0.2) is 0 Å². The van der Waals surface area contributed by atoms with Crippen LogP contribution in [0, 0.1) is 20.8 Å². The van der Waals surface area contributed by atoms with Crippen molar-refractivity contribution in [3.8, 4) is 11.1 Å². The van der Waals surface area contributed by atoms with E-state index in [0.717, 1.165) is 26.0 Å². The molecule has 0 radical (unpaired) electrons. The molecule has 4 aromatic carbocycles. The van der Waals surface area contributed by atoms with Gasteiger partial charge in [0.25, 0.3) is 0 Å². The van der Waals surface area contributed by atoms with Gasteiger partial charge in [0.1, 0.15) is 0 Å². The molecule has 0 aliphatic rings. The third-order valence-electron chi connectivity index (χ3n) is 5.30. The summed E-state index contributed by atoms with van der Waals surface area (Å²) < 4.78 is 2.16. The molecule has 0 atom stereocenters. The van der Waals surface area contributed by atoms with E-state index in [1.165, 1.54) is 27.8 Å². The average Bonchev–Trinajstić information content (AvgIpc) is 2.73. The van der Waals surface area contributed by atoms with Crippen LogP contribution in [0.2, 0.25) is 0 Å². The van der Waals surface area contributed by atoms with E-state index >= 15 is 0 Å². The first-order valence-electron chi connectivity index (χ1n) is 9.92. The Morgan fingerprint density at radius 3 is 1.53 bits per heavy atom. The third-order valence-corrected chi connectivity index (χ3v) is 6.62. The van der Waals surface area contributed by atoms with Gasteiger partial charge in [0, 0.05) is 31.6 Å². The Morgan fingerprint density at radius 2 is 1.03 bits per heavy atom. The minimum absolute atomic E-state index is 1.08. The van der Waals surface area contributed by atoms with Crippen molar-refractivity contribution in [2.75, 3.05) is 4.90 Å². The Kier molecular flexibility index (Phi) is 6.12. The topological polar surface area (TPSA) is 3.24 Å². The van der Waals surface area contributed by atoms with Gasteiger partial charge in [0.2, 0.25) is 0 Å². The molecule has 0 N–H and O–H groups in total. The highest BCUT2D eigenvalue weighted by atomic mass is 79.9. The molecule has 0 saturated carbocycles. The van der Waals surface area contributed by atoms with Crippen molar-refractivity contribution in [1.82, 2.24) is 0 Å². The first-order chi connectivity index (χ1) is 14.4. The molecule has 0 aromatic heterocycles. The molecule has 4 rings (SSSR count). The molecule has 0 spiro atoms. The lowest BCUT2D eigenvalue weighted by molar-refractivity contribution is 1.26. The average molecular weight is 521 g/mol. The molecule has 150 valence electrons. The zero-order valence-electron chi connectivity index (χ0n) is 17.3. The minimum atomic E-state index is 1.08. The van der Waals surface area contributed by atoms with Gasteiger partial charge in [-0.1, -0.05) is 79.4 Å². The zero-order chi connectivity index (χ0) is 21.3. The Labute approximate surface area is 195 Å². The van der Waals surface area contributed by atoms with Gasteiger partial charge in [-0.3, -0.25) is 0 Å². The van der Waals surface area contributed by atoms with Crippen LogP contribution in [0.25, 0.3) is 11.1 Å². The maximum atomic E-state index is 3.74. The van der Waals surface area contributed by atoms with Crippen molar-refractivity contribution in [2.24, 2.45) is 0 Å². The van der Waals surface area contributed by atoms with E-state index in [9.17, 15) is 0 Å². The molecule has 4 aromatic rings. The second kappa shape index (κ2) is 8.79. The molecule has 0 heterocycles. The van der Waals surface area contributed by atoms with Gasteiger partial charge in [-0.15, -0.1) is 0 Å². The molecule has 30 heavy (non-hydrogen) atoms. The SMILES string of the molecule is Cc1ccc(N(c2ccc(C)cc2)c2ccc(C)c(-c3c(Br)cccc3Br)c2)cc1. The summed E-state index contributed by atoms with van der Waals surface area (Å²) in [6.07, 6.45) is 0. The lowest BCUT2D eigenvalue weighted by atomic mass is 9.99. The number of nitrogens with zero attached hydrogens (tertiary/aromatic N) is 1. The zero-order valence-corrected chi connectivity index (χ0v) is 20.5. The summed E-state index contributed by atoms with van der Waals surface area (Å²) in [7, 11) is 0. The second-order valence-corrected chi connectivity index (χ2v) is 9.31. The Morgan fingerprint density at radius 1 is 0.567 bits per heavy atom. The van der Waals surface area contributed by atoms with Crippen LogP contribution >= 0.6 is 31.9 Å². The van der Waals surface area contributed by atoms with Gasteiger partial charge in [0.05, 0.1) is 0 Å². The maximum Gasteiger partial charge on any atom is 0.0468 e. The van der Waals surface area contributed by atoms with E-state index in [4.69, 9.17) is 0 Å². The van der Waals surface area contributed by atoms with Crippen LogP contribution in [0.5, 0.6) is 0 Å². The molecule has 0 aliphatic heterocycles. The molecule has 0 aliphatic carbocycles. The summed E-state index contributed by atoms with van der Waals surface area (Å²) in [6.45, 7) is 6.40. The van der Waals surface area contributed by atoms with Crippen LogP contribution in [-0.4, -0.2) is 0 Å². The van der Waals surface area contributed by atoms with Crippen LogP contribution in [0.15, 0.2) is 93.9 Å². The first kappa shape index (κ1) is 20.9. The fraction of sp³-hybridized carbons (Fsp3) is 0.111. The predicted molar refractivity (Wildman–Crippen MR) is 136 cm³/mol. The van der Waals surface area contributed by atoms with Gasteiger partial charge in [-0.05, 0) is 80.4 Å². The van der Waals surface area contributed by atoms with E-state index in [0.29, 0.717) is 0 Å². The molecule has 1 nitrogen and oxygen atoms in total. The second-order valence-electron chi connectivity index (χ2n) is 7.60. The van der Waals surface area contributed by atoms with E-state index < -0.39 is 0 Å². The van der Waals surface area contributed by atoms with Crippen molar-refractivity contribution in [3.63, 3.8) is 0 Å². The molecule has 0 fully saturated rings. The van der Waals surface area contributed by atoms with Crippen molar-refractivity contribution in [3.05, 3.63) is 111 Å². The molecule has 0 bridgehead atoms. The fourth-order valence-electron chi connectivity index (χ4n) is 3.61. The highest BCUT2D eigenvalue weighted by molar-refractivity contribution is 9.11. The van der Waals surface area contributed by atoms with Crippen LogP contribution in [0.3, 0.4) is 0 Å².